The standard InChI is InChI=1S/C20H21NO5/c1-4-26-17-10-8-14(12-18(17)25-3)9-11-19(22)21-16-7-5-6-15(13(16)2)20(23)24/h5-12H,4H2,1-3H3,(H,21,22)(H,23,24)/b11-9+. The molecule has 2 aromatic rings. The van der Waals surface area contributed by atoms with Crippen LogP contribution in [0.15, 0.2) is 42.5 Å². The Labute approximate surface area is 152 Å². The maximum Gasteiger partial charge on any atom is 0.336 e. The van der Waals surface area contributed by atoms with Crippen molar-refractivity contribution < 1.29 is 24.2 Å². The molecule has 26 heavy (non-hydrogen) atoms. The first-order valence-corrected chi connectivity index (χ1v) is 8.09. The van der Waals surface area contributed by atoms with Gasteiger partial charge in [0.05, 0.1) is 19.3 Å². The van der Waals surface area contributed by atoms with Crippen LogP contribution < -0.4 is 14.8 Å². The third-order valence-electron chi connectivity index (χ3n) is 3.74. The highest BCUT2D eigenvalue weighted by molar-refractivity contribution is 6.03. The molecule has 1 amide bonds. The van der Waals surface area contributed by atoms with Gasteiger partial charge in [0, 0.05) is 11.8 Å². The number of carboxylic acid groups (broad SMARTS) is 1. The van der Waals surface area contributed by atoms with E-state index in [1.807, 2.05) is 13.0 Å². The van der Waals surface area contributed by atoms with Crippen LogP contribution in [-0.4, -0.2) is 30.7 Å². The maximum atomic E-state index is 12.1. The number of benzene rings is 2. The van der Waals surface area contributed by atoms with E-state index in [-0.39, 0.29) is 11.5 Å². The molecule has 0 radical (unpaired) electrons. The Morgan fingerprint density at radius 2 is 1.96 bits per heavy atom. The van der Waals surface area contributed by atoms with Crippen LogP contribution in [0.25, 0.3) is 6.08 Å². The lowest BCUT2D eigenvalue weighted by Crippen LogP contribution is -2.11. The van der Waals surface area contributed by atoms with Gasteiger partial charge < -0.3 is 19.9 Å². The summed E-state index contributed by atoms with van der Waals surface area (Å²) in [6, 6.07) is 10.1. The fourth-order valence-corrected chi connectivity index (χ4v) is 2.41. The minimum absolute atomic E-state index is 0.156. The second-order valence-corrected chi connectivity index (χ2v) is 5.45. The van der Waals surface area contributed by atoms with Gasteiger partial charge in [-0.3, -0.25) is 4.79 Å². The predicted octanol–water partition coefficient (Wildman–Crippen LogP) is 3.75. The summed E-state index contributed by atoms with van der Waals surface area (Å²) in [5, 5.41) is 11.8. The number of nitrogens with one attached hydrogen (secondary N) is 1. The van der Waals surface area contributed by atoms with Crippen molar-refractivity contribution in [2.45, 2.75) is 13.8 Å². The summed E-state index contributed by atoms with van der Waals surface area (Å²) in [6.45, 7) is 4.07. The number of carbonyl (C=O) groups is 2. The van der Waals surface area contributed by atoms with Gasteiger partial charge in [-0.15, -0.1) is 0 Å². The van der Waals surface area contributed by atoms with Gasteiger partial charge >= 0.3 is 5.97 Å². The molecule has 0 aromatic heterocycles. The number of aromatic carboxylic acids is 1. The number of carbonyl (C=O) groups excluding carboxylic acids is 1. The topological polar surface area (TPSA) is 84.9 Å². The van der Waals surface area contributed by atoms with E-state index in [1.54, 1.807) is 44.4 Å². The Kier molecular flexibility index (Phi) is 6.38. The summed E-state index contributed by atoms with van der Waals surface area (Å²) in [7, 11) is 1.55. The molecule has 0 fully saturated rings. The molecule has 0 heterocycles. The van der Waals surface area contributed by atoms with Crippen molar-refractivity contribution in [2.75, 3.05) is 19.0 Å². The van der Waals surface area contributed by atoms with E-state index in [0.29, 0.717) is 29.4 Å². The second-order valence-electron chi connectivity index (χ2n) is 5.45. The van der Waals surface area contributed by atoms with Gasteiger partial charge in [0.15, 0.2) is 11.5 Å². The van der Waals surface area contributed by atoms with E-state index in [1.165, 1.54) is 12.1 Å². The fourth-order valence-electron chi connectivity index (χ4n) is 2.41. The molecule has 0 aliphatic rings. The van der Waals surface area contributed by atoms with E-state index in [0.717, 1.165) is 5.56 Å². The fraction of sp³-hybridized carbons (Fsp3) is 0.200. The minimum atomic E-state index is -1.03. The molecule has 0 saturated heterocycles. The van der Waals surface area contributed by atoms with Gasteiger partial charge in [-0.1, -0.05) is 12.1 Å². The number of methoxy groups -OCH3 is 1. The average Bonchev–Trinajstić information content (AvgIpc) is 2.62. The summed E-state index contributed by atoms with van der Waals surface area (Å²) in [5.41, 5.74) is 1.90. The first-order chi connectivity index (χ1) is 12.5. The van der Waals surface area contributed by atoms with Crippen LogP contribution in [0.4, 0.5) is 5.69 Å². The van der Waals surface area contributed by atoms with Gasteiger partial charge in [-0.2, -0.15) is 0 Å². The summed E-state index contributed by atoms with van der Waals surface area (Å²) in [4.78, 5) is 23.3. The van der Waals surface area contributed by atoms with Gasteiger partial charge in [0.25, 0.3) is 0 Å². The number of hydrogen-bond donors (Lipinski definition) is 2. The van der Waals surface area contributed by atoms with Crippen LogP contribution in [-0.2, 0) is 4.79 Å². The van der Waals surface area contributed by atoms with E-state index < -0.39 is 5.97 Å². The molecule has 0 unspecified atom stereocenters. The molecule has 2 aromatic carbocycles. The van der Waals surface area contributed by atoms with Crippen molar-refractivity contribution in [3.05, 3.63) is 59.2 Å². The van der Waals surface area contributed by atoms with Crippen LogP contribution in [0, 0.1) is 6.92 Å². The highest BCUT2D eigenvalue weighted by Crippen LogP contribution is 2.28. The lowest BCUT2D eigenvalue weighted by atomic mass is 10.1. The van der Waals surface area contributed by atoms with Gasteiger partial charge in [-0.05, 0) is 55.3 Å². The molecule has 136 valence electrons. The Morgan fingerprint density at radius 1 is 1.19 bits per heavy atom. The molecule has 2 N–H and O–H groups in total. The van der Waals surface area contributed by atoms with E-state index >= 15 is 0 Å². The Hall–Kier alpha value is -3.28. The molecule has 6 nitrogen and oxygen atoms in total. The van der Waals surface area contributed by atoms with Crippen LogP contribution in [0.3, 0.4) is 0 Å². The van der Waals surface area contributed by atoms with Crippen LogP contribution in [0.1, 0.15) is 28.4 Å². The quantitative estimate of drug-likeness (QED) is 0.739. The van der Waals surface area contributed by atoms with Crippen molar-refractivity contribution in [1.82, 2.24) is 0 Å². The van der Waals surface area contributed by atoms with E-state index in [4.69, 9.17) is 14.6 Å². The normalized spacial score (nSPS) is 10.6. The molecule has 0 aliphatic carbocycles. The number of hydrogen-bond acceptors (Lipinski definition) is 4. The third kappa shape index (κ3) is 4.63. The van der Waals surface area contributed by atoms with Crippen molar-refractivity contribution in [3.63, 3.8) is 0 Å². The van der Waals surface area contributed by atoms with E-state index in [9.17, 15) is 9.59 Å². The summed E-state index contributed by atoms with van der Waals surface area (Å²) >= 11 is 0. The summed E-state index contributed by atoms with van der Waals surface area (Å²) in [6.07, 6.45) is 3.02. The SMILES string of the molecule is CCOc1ccc(/C=C/C(=O)Nc2cccc(C(=O)O)c2C)cc1OC. The predicted molar refractivity (Wildman–Crippen MR) is 100.0 cm³/mol. The smallest absolute Gasteiger partial charge is 0.336 e. The summed E-state index contributed by atoms with van der Waals surface area (Å²) < 4.78 is 10.7. The van der Waals surface area contributed by atoms with Crippen molar-refractivity contribution in [1.29, 1.82) is 0 Å². The molecular weight excluding hydrogens is 334 g/mol. The lowest BCUT2D eigenvalue weighted by molar-refractivity contribution is -0.111. The molecule has 0 aliphatic heterocycles. The number of carboxylic acids is 1. The number of amides is 1. The molecule has 0 atom stereocenters. The van der Waals surface area contributed by atoms with E-state index in [2.05, 4.69) is 5.32 Å². The lowest BCUT2D eigenvalue weighted by Gasteiger charge is -2.10. The maximum absolute atomic E-state index is 12.1. The molecule has 0 spiro atoms. The zero-order valence-electron chi connectivity index (χ0n) is 14.9. The monoisotopic (exact) mass is 355 g/mol. The number of anilines is 1. The zero-order chi connectivity index (χ0) is 19.1. The third-order valence-corrected chi connectivity index (χ3v) is 3.74. The van der Waals surface area contributed by atoms with Crippen LogP contribution in [0.5, 0.6) is 11.5 Å². The highest BCUT2D eigenvalue weighted by Gasteiger charge is 2.11. The van der Waals surface area contributed by atoms with Gasteiger partial charge in [0.1, 0.15) is 0 Å². The van der Waals surface area contributed by atoms with Crippen molar-refractivity contribution in [3.8, 4) is 11.5 Å². The minimum Gasteiger partial charge on any atom is -0.493 e. The number of ether oxygens (including phenoxy) is 2. The van der Waals surface area contributed by atoms with Crippen molar-refractivity contribution >= 4 is 23.6 Å². The largest absolute Gasteiger partial charge is 0.493 e. The van der Waals surface area contributed by atoms with Crippen LogP contribution >= 0.6 is 0 Å². The average molecular weight is 355 g/mol. The Morgan fingerprint density at radius 3 is 2.62 bits per heavy atom. The first-order valence-electron chi connectivity index (χ1n) is 8.09. The van der Waals surface area contributed by atoms with Crippen molar-refractivity contribution in [2.24, 2.45) is 0 Å². The molecule has 0 bridgehead atoms. The number of rotatable bonds is 7. The molecule has 2 rings (SSSR count). The van der Waals surface area contributed by atoms with Gasteiger partial charge in [0.2, 0.25) is 5.91 Å². The van der Waals surface area contributed by atoms with Gasteiger partial charge in [-0.25, -0.2) is 4.79 Å². The first kappa shape index (κ1) is 19.1. The Balaban J connectivity index is 2.13. The van der Waals surface area contributed by atoms with Crippen LogP contribution in [0.2, 0.25) is 0 Å². The molecule has 0 saturated carbocycles. The zero-order valence-corrected chi connectivity index (χ0v) is 14.9. The second kappa shape index (κ2) is 8.71. The Bertz CT molecular complexity index is 842. The molecular formula is C20H21NO5. The summed E-state index contributed by atoms with van der Waals surface area (Å²) in [5.74, 6) is -0.170. The highest BCUT2D eigenvalue weighted by atomic mass is 16.5. The molecule has 6 heteroatoms.